The minimum absolute atomic E-state index is 0.276. The molecule has 1 fully saturated rings. The van der Waals surface area contributed by atoms with Gasteiger partial charge in [-0.05, 0) is 75.7 Å². The quantitative estimate of drug-likeness (QED) is 0.621. The number of halogens is 1. The summed E-state index contributed by atoms with van der Waals surface area (Å²) in [7, 11) is 0. The Bertz CT molecular complexity index is 1270. The molecule has 7 nitrogen and oxygen atoms in total. The highest BCUT2D eigenvalue weighted by Gasteiger charge is 2.23. The zero-order valence-corrected chi connectivity index (χ0v) is 19.1. The van der Waals surface area contributed by atoms with E-state index in [-0.39, 0.29) is 5.91 Å². The summed E-state index contributed by atoms with van der Waals surface area (Å²) in [6.45, 7) is 6.95. The van der Waals surface area contributed by atoms with Crippen LogP contribution in [0.4, 0.5) is 0 Å². The van der Waals surface area contributed by atoms with E-state index in [2.05, 4.69) is 10.2 Å². The average molecular weight is 455 g/mol. The number of nitrogens with one attached hydrogen (secondary N) is 1. The summed E-state index contributed by atoms with van der Waals surface area (Å²) in [6.07, 6.45) is 2.37. The molecule has 2 heterocycles. The van der Waals surface area contributed by atoms with Crippen molar-refractivity contribution in [1.29, 1.82) is 0 Å². The molecule has 1 atom stereocenters. The lowest BCUT2D eigenvalue weighted by Gasteiger charge is -2.21. The van der Waals surface area contributed by atoms with Gasteiger partial charge in [0, 0.05) is 18.1 Å². The molecular weight excluding hydrogens is 428 g/mol. The second kappa shape index (κ2) is 9.30. The van der Waals surface area contributed by atoms with Gasteiger partial charge in [0.1, 0.15) is 6.04 Å². The predicted octanol–water partition coefficient (Wildman–Crippen LogP) is 2.89. The number of carbonyl (C=O) groups excluding carboxylic acids is 1. The number of aromatic nitrogens is 2. The van der Waals surface area contributed by atoms with Crippen LogP contribution in [-0.2, 0) is 4.79 Å². The number of likely N-dealkylation sites (tertiary alicyclic amines) is 1. The van der Waals surface area contributed by atoms with Gasteiger partial charge in [-0.15, -0.1) is 0 Å². The molecular formula is C24H27ClN4O3. The van der Waals surface area contributed by atoms with Crippen molar-refractivity contribution in [1.82, 2.24) is 19.4 Å². The molecule has 0 aliphatic carbocycles. The molecule has 1 aliphatic heterocycles. The van der Waals surface area contributed by atoms with Gasteiger partial charge >= 0.3 is 5.69 Å². The van der Waals surface area contributed by atoms with Crippen molar-refractivity contribution in [2.24, 2.45) is 0 Å². The van der Waals surface area contributed by atoms with Gasteiger partial charge in [-0.3, -0.25) is 14.2 Å². The minimum Gasteiger partial charge on any atom is -0.353 e. The smallest absolute Gasteiger partial charge is 0.336 e. The fourth-order valence-corrected chi connectivity index (χ4v) is 4.45. The Labute approximate surface area is 191 Å². The summed E-state index contributed by atoms with van der Waals surface area (Å²) < 4.78 is 2.48. The van der Waals surface area contributed by atoms with Crippen LogP contribution in [0.2, 0.25) is 5.02 Å². The lowest BCUT2D eigenvalue weighted by Crippen LogP contribution is -2.44. The summed E-state index contributed by atoms with van der Waals surface area (Å²) in [5.41, 5.74) is 0.720. The Kier molecular flexibility index (Phi) is 6.48. The van der Waals surface area contributed by atoms with Crippen LogP contribution < -0.4 is 16.6 Å². The van der Waals surface area contributed by atoms with Gasteiger partial charge in [0.05, 0.1) is 16.6 Å². The number of carbonyl (C=O) groups is 1. The normalized spacial score (nSPS) is 15.2. The number of nitrogens with zero attached hydrogens (tertiary/aromatic N) is 3. The van der Waals surface area contributed by atoms with E-state index in [1.165, 1.54) is 17.4 Å². The third-order valence-electron chi connectivity index (χ3n) is 6.00. The Balaban J connectivity index is 1.76. The lowest BCUT2D eigenvalue weighted by atomic mass is 10.2. The summed E-state index contributed by atoms with van der Waals surface area (Å²) in [6, 6.07) is 11.1. The van der Waals surface area contributed by atoms with Gasteiger partial charge in [-0.2, -0.15) is 0 Å². The number of hydrogen-bond donors (Lipinski definition) is 1. The average Bonchev–Trinajstić information content (AvgIpc) is 3.27. The number of fused-ring (bicyclic) bond motifs is 1. The van der Waals surface area contributed by atoms with Crippen LogP contribution in [0.25, 0.3) is 16.6 Å². The Hall–Kier alpha value is -2.90. The van der Waals surface area contributed by atoms with Crippen molar-refractivity contribution in [2.45, 2.75) is 32.7 Å². The van der Waals surface area contributed by atoms with Gasteiger partial charge in [-0.1, -0.05) is 23.7 Å². The molecule has 1 saturated heterocycles. The molecule has 168 valence electrons. The molecule has 2 aromatic carbocycles. The zero-order chi connectivity index (χ0) is 22.8. The van der Waals surface area contributed by atoms with Crippen molar-refractivity contribution < 1.29 is 4.79 Å². The van der Waals surface area contributed by atoms with Crippen LogP contribution >= 0.6 is 11.6 Å². The van der Waals surface area contributed by atoms with E-state index in [0.29, 0.717) is 28.2 Å². The maximum atomic E-state index is 13.6. The van der Waals surface area contributed by atoms with E-state index < -0.39 is 17.3 Å². The van der Waals surface area contributed by atoms with Gasteiger partial charge < -0.3 is 10.2 Å². The van der Waals surface area contributed by atoms with Crippen molar-refractivity contribution in [3.8, 4) is 5.69 Å². The third-order valence-corrected chi connectivity index (χ3v) is 6.24. The molecule has 4 rings (SSSR count). The van der Waals surface area contributed by atoms with Gasteiger partial charge in [-0.25, -0.2) is 9.36 Å². The van der Waals surface area contributed by atoms with E-state index in [9.17, 15) is 14.4 Å². The molecule has 0 spiro atoms. The Morgan fingerprint density at radius 3 is 2.59 bits per heavy atom. The third kappa shape index (κ3) is 4.36. The van der Waals surface area contributed by atoms with Gasteiger partial charge in [0.2, 0.25) is 5.91 Å². The van der Waals surface area contributed by atoms with Crippen LogP contribution in [0.5, 0.6) is 0 Å². The first-order valence-corrected chi connectivity index (χ1v) is 11.3. The van der Waals surface area contributed by atoms with Crippen LogP contribution in [-0.4, -0.2) is 46.1 Å². The molecule has 0 saturated carbocycles. The highest BCUT2D eigenvalue weighted by Crippen LogP contribution is 2.20. The van der Waals surface area contributed by atoms with Crippen molar-refractivity contribution in [3.05, 3.63) is 73.9 Å². The summed E-state index contributed by atoms with van der Waals surface area (Å²) in [5.74, 6) is -0.276. The zero-order valence-electron chi connectivity index (χ0n) is 18.3. The molecule has 1 unspecified atom stereocenters. The molecule has 8 heteroatoms. The van der Waals surface area contributed by atoms with Crippen LogP contribution in [0, 0.1) is 6.92 Å². The molecule has 3 aromatic rings. The van der Waals surface area contributed by atoms with Crippen molar-refractivity contribution in [3.63, 3.8) is 0 Å². The number of hydrogen-bond acceptors (Lipinski definition) is 4. The number of amides is 1. The monoisotopic (exact) mass is 454 g/mol. The van der Waals surface area contributed by atoms with Gasteiger partial charge in [0.15, 0.2) is 0 Å². The maximum Gasteiger partial charge on any atom is 0.336 e. The van der Waals surface area contributed by atoms with Gasteiger partial charge in [0.25, 0.3) is 5.56 Å². The molecule has 0 radical (unpaired) electrons. The number of aryl methyl sites for hydroxylation is 1. The maximum absolute atomic E-state index is 13.6. The largest absolute Gasteiger partial charge is 0.353 e. The topological polar surface area (TPSA) is 76.3 Å². The van der Waals surface area contributed by atoms with Crippen LogP contribution in [0.15, 0.2) is 52.1 Å². The lowest BCUT2D eigenvalue weighted by molar-refractivity contribution is -0.123. The fraction of sp³-hybridized carbons (Fsp3) is 0.375. The van der Waals surface area contributed by atoms with Crippen LogP contribution in [0.3, 0.4) is 0 Å². The molecule has 1 amide bonds. The van der Waals surface area contributed by atoms with E-state index >= 15 is 0 Å². The number of rotatable bonds is 6. The fourth-order valence-electron chi connectivity index (χ4n) is 4.28. The first-order chi connectivity index (χ1) is 15.4. The van der Waals surface area contributed by atoms with E-state index in [1.54, 1.807) is 43.3 Å². The van der Waals surface area contributed by atoms with E-state index in [4.69, 9.17) is 11.6 Å². The molecule has 0 bridgehead atoms. The van der Waals surface area contributed by atoms with Crippen LogP contribution in [0.1, 0.15) is 31.4 Å². The van der Waals surface area contributed by atoms with Crippen molar-refractivity contribution >= 4 is 28.4 Å². The Morgan fingerprint density at radius 1 is 1.12 bits per heavy atom. The molecule has 1 aromatic heterocycles. The summed E-state index contributed by atoms with van der Waals surface area (Å²) in [5, 5.41) is 3.65. The van der Waals surface area contributed by atoms with E-state index in [0.717, 1.165) is 29.8 Å². The summed E-state index contributed by atoms with van der Waals surface area (Å²) >= 11 is 6.18. The Morgan fingerprint density at radius 2 is 1.88 bits per heavy atom. The molecule has 32 heavy (non-hydrogen) atoms. The SMILES string of the molecule is Cc1cccc(-n2c(=O)c3ccc(Cl)cc3n(C(C)C(=O)NCCN3CCCC3)c2=O)c1. The second-order valence-corrected chi connectivity index (χ2v) is 8.75. The second-order valence-electron chi connectivity index (χ2n) is 8.31. The minimum atomic E-state index is -0.821. The van der Waals surface area contributed by atoms with E-state index in [1.807, 2.05) is 13.0 Å². The van der Waals surface area contributed by atoms with Crippen molar-refractivity contribution in [2.75, 3.05) is 26.2 Å². The summed E-state index contributed by atoms with van der Waals surface area (Å²) in [4.78, 5) is 42.1. The standard InChI is InChI=1S/C24H27ClN4O3/c1-16-6-5-7-19(14-16)29-23(31)20-9-8-18(25)15-21(20)28(24(29)32)17(2)22(30)26-10-13-27-11-3-4-12-27/h5-9,14-15,17H,3-4,10-13H2,1-2H3,(H,26,30). The highest BCUT2D eigenvalue weighted by atomic mass is 35.5. The highest BCUT2D eigenvalue weighted by molar-refractivity contribution is 6.31. The number of benzene rings is 2. The first kappa shape index (κ1) is 22.3. The first-order valence-electron chi connectivity index (χ1n) is 10.9. The molecule has 1 aliphatic rings. The molecule has 1 N–H and O–H groups in total. The predicted molar refractivity (Wildman–Crippen MR) is 127 cm³/mol.